The van der Waals surface area contributed by atoms with Gasteiger partial charge in [-0.3, -0.25) is 0 Å². The largest absolute Gasteiger partial charge is 0.486 e. The SMILES string of the molecule is CC(C)c1nc(Cn2nnnc2N)n(-c2ccc3c(c2)OCCO3)n1. The first kappa shape index (κ1) is 15.4. The van der Waals surface area contributed by atoms with E-state index >= 15 is 0 Å². The van der Waals surface area contributed by atoms with Gasteiger partial charge < -0.3 is 15.2 Å². The zero-order chi connectivity index (χ0) is 17.4. The van der Waals surface area contributed by atoms with Crippen molar-refractivity contribution >= 4 is 5.95 Å². The molecule has 1 aliphatic rings. The lowest BCUT2D eigenvalue weighted by molar-refractivity contribution is 0.171. The molecular weight excluding hydrogens is 324 g/mol. The van der Waals surface area contributed by atoms with Crippen LogP contribution in [-0.2, 0) is 6.54 Å². The van der Waals surface area contributed by atoms with E-state index in [1.807, 2.05) is 32.0 Å². The molecule has 4 rings (SSSR count). The quantitative estimate of drug-likeness (QED) is 0.739. The van der Waals surface area contributed by atoms with Gasteiger partial charge in [0.1, 0.15) is 19.8 Å². The van der Waals surface area contributed by atoms with Gasteiger partial charge >= 0.3 is 0 Å². The molecule has 25 heavy (non-hydrogen) atoms. The maximum atomic E-state index is 5.77. The van der Waals surface area contributed by atoms with Crippen LogP contribution < -0.4 is 15.2 Å². The summed E-state index contributed by atoms with van der Waals surface area (Å²) in [6, 6.07) is 5.67. The number of rotatable bonds is 4. The number of fused-ring (bicyclic) bond motifs is 1. The number of nitrogen functional groups attached to an aromatic ring is 1. The third-order valence-corrected chi connectivity index (χ3v) is 3.83. The number of tetrazole rings is 1. The van der Waals surface area contributed by atoms with Gasteiger partial charge in [0.15, 0.2) is 23.1 Å². The Morgan fingerprint density at radius 1 is 1.20 bits per heavy atom. The summed E-state index contributed by atoms with van der Waals surface area (Å²) in [5.74, 6) is 3.24. The Labute approximate surface area is 143 Å². The molecule has 0 radical (unpaired) electrons. The van der Waals surface area contributed by atoms with Crippen molar-refractivity contribution in [3.8, 4) is 17.2 Å². The summed E-state index contributed by atoms with van der Waals surface area (Å²) in [7, 11) is 0. The Morgan fingerprint density at radius 3 is 2.72 bits per heavy atom. The maximum absolute atomic E-state index is 5.77. The highest BCUT2D eigenvalue weighted by Gasteiger charge is 2.18. The van der Waals surface area contributed by atoms with Crippen LogP contribution in [0.4, 0.5) is 5.95 Å². The zero-order valence-electron chi connectivity index (χ0n) is 14.0. The Morgan fingerprint density at radius 2 is 2.00 bits per heavy atom. The van der Waals surface area contributed by atoms with Gasteiger partial charge in [-0.25, -0.2) is 14.3 Å². The second-order valence-electron chi connectivity index (χ2n) is 5.98. The molecule has 10 nitrogen and oxygen atoms in total. The third kappa shape index (κ3) is 2.86. The number of benzene rings is 1. The van der Waals surface area contributed by atoms with Gasteiger partial charge in [-0.2, -0.15) is 5.10 Å². The summed E-state index contributed by atoms with van der Waals surface area (Å²) in [5.41, 5.74) is 6.59. The van der Waals surface area contributed by atoms with Crippen LogP contribution in [0.15, 0.2) is 18.2 Å². The molecule has 2 aromatic heterocycles. The van der Waals surface area contributed by atoms with E-state index in [1.165, 1.54) is 4.68 Å². The fraction of sp³-hybridized carbons (Fsp3) is 0.400. The molecule has 1 aromatic carbocycles. The van der Waals surface area contributed by atoms with E-state index < -0.39 is 0 Å². The molecule has 0 saturated heterocycles. The second-order valence-corrected chi connectivity index (χ2v) is 5.98. The number of nitrogens with zero attached hydrogens (tertiary/aromatic N) is 7. The fourth-order valence-corrected chi connectivity index (χ4v) is 2.54. The monoisotopic (exact) mass is 342 g/mol. The first-order chi connectivity index (χ1) is 12.1. The number of aromatic nitrogens is 7. The molecule has 0 spiro atoms. The number of anilines is 1. The molecule has 0 bridgehead atoms. The smallest absolute Gasteiger partial charge is 0.240 e. The van der Waals surface area contributed by atoms with Crippen molar-refractivity contribution in [3.63, 3.8) is 0 Å². The molecule has 3 heterocycles. The summed E-state index contributed by atoms with van der Waals surface area (Å²) in [6.45, 7) is 5.47. The predicted octanol–water partition coefficient (Wildman–Crippen LogP) is 0.779. The number of ether oxygens (including phenoxy) is 2. The van der Waals surface area contributed by atoms with Crippen LogP contribution >= 0.6 is 0 Å². The van der Waals surface area contributed by atoms with Crippen molar-refractivity contribution in [3.05, 3.63) is 29.8 Å². The molecule has 0 fully saturated rings. The summed E-state index contributed by atoms with van der Waals surface area (Å²) >= 11 is 0. The Balaban J connectivity index is 1.76. The standard InChI is InChI=1S/C15H18N8O2/c1-9(2)14-17-13(8-22-15(16)18-20-21-22)23(19-14)10-3-4-11-12(7-10)25-6-5-24-11/h3-4,7,9H,5-6,8H2,1-2H3,(H2,16,18,21). The molecule has 0 atom stereocenters. The topological polar surface area (TPSA) is 119 Å². The Bertz CT molecular complexity index is 901. The van der Waals surface area contributed by atoms with E-state index in [0.29, 0.717) is 31.3 Å². The average molecular weight is 342 g/mol. The van der Waals surface area contributed by atoms with Gasteiger partial charge in [-0.05, 0) is 22.6 Å². The molecular formula is C15H18N8O2. The van der Waals surface area contributed by atoms with E-state index in [1.54, 1.807) is 4.68 Å². The molecule has 130 valence electrons. The summed E-state index contributed by atoms with van der Waals surface area (Å²) in [6.07, 6.45) is 0. The molecule has 3 aromatic rings. The fourth-order valence-electron chi connectivity index (χ4n) is 2.54. The zero-order valence-corrected chi connectivity index (χ0v) is 14.0. The van der Waals surface area contributed by atoms with E-state index in [2.05, 4.69) is 25.6 Å². The third-order valence-electron chi connectivity index (χ3n) is 3.83. The van der Waals surface area contributed by atoms with Gasteiger partial charge in [0.25, 0.3) is 0 Å². The van der Waals surface area contributed by atoms with Crippen molar-refractivity contribution in [1.82, 2.24) is 35.0 Å². The second kappa shape index (κ2) is 6.04. The Hall–Kier alpha value is -3.17. The highest BCUT2D eigenvalue weighted by molar-refractivity contribution is 5.49. The van der Waals surface area contributed by atoms with E-state index in [4.69, 9.17) is 15.2 Å². The van der Waals surface area contributed by atoms with Crippen molar-refractivity contribution in [1.29, 1.82) is 0 Å². The molecule has 1 aliphatic heterocycles. The van der Waals surface area contributed by atoms with Crippen molar-refractivity contribution in [2.75, 3.05) is 18.9 Å². The van der Waals surface area contributed by atoms with Crippen molar-refractivity contribution < 1.29 is 9.47 Å². The average Bonchev–Trinajstić information content (AvgIpc) is 3.22. The van der Waals surface area contributed by atoms with Gasteiger partial charge in [0.05, 0.1) is 5.69 Å². The lowest BCUT2D eigenvalue weighted by Crippen LogP contribution is -2.16. The van der Waals surface area contributed by atoms with Crippen LogP contribution in [-0.4, -0.2) is 48.2 Å². The summed E-state index contributed by atoms with van der Waals surface area (Å²) < 4.78 is 14.5. The van der Waals surface area contributed by atoms with Crippen molar-refractivity contribution in [2.24, 2.45) is 0 Å². The molecule has 2 N–H and O–H groups in total. The highest BCUT2D eigenvalue weighted by Crippen LogP contribution is 2.32. The number of hydrogen-bond donors (Lipinski definition) is 1. The van der Waals surface area contributed by atoms with Crippen LogP contribution in [0.3, 0.4) is 0 Å². The molecule has 0 saturated carbocycles. The van der Waals surface area contributed by atoms with E-state index in [9.17, 15) is 0 Å². The van der Waals surface area contributed by atoms with Gasteiger partial charge in [-0.1, -0.05) is 18.9 Å². The Kier molecular flexibility index (Phi) is 3.71. The summed E-state index contributed by atoms with van der Waals surface area (Å²) in [4.78, 5) is 4.62. The minimum Gasteiger partial charge on any atom is -0.486 e. The number of hydrogen-bond acceptors (Lipinski definition) is 8. The van der Waals surface area contributed by atoms with Crippen LogP contribution in [0, 0.1) is 0 Å². The number of nitrogens with two attached hydrogens (primary N) is 1. The lowest BCUT2D eigenvalue weighted by Gasteiger charge is -2.19. The lowest BCUT2D eigenvalue weighted by atomic mass is 10.2. The van der Waals surface area contributed by atoms with Crippen LogP contribution in [0.5, 0.6) is 11.5 Å². The molecule has 0 aliphatic carbocycles. The van der Waals surface area contributed by atoms with Crippen molar-refractivity contribution in [2.45, 2.75) is 26.3 Å². The van der Waals surface area contributed by atoms with E-state index in [0.717, 1.165) is 17.3 Å². The van der Waals surface area contributed by atoms with Crippen LogP contribution in [0.1, 0.15) is 31.4 Å². The first-order valence-corrected chi connectivity index (χ1v) is 7.99. The van der Waals surface area contributed by atoms with Gasteiger partial charge in [0, 0.05) is 12.0 Å². The van der Waals surface area contributed by atoms with E-state index in [-0.39, 0.29) is 11.9 Å². The molecule has 0 amide bonds. The molecule has 10 heteroatoms. The minimum absolute atomic E-state index is 0.184. The minimum atomic E-state index is 0.184. The molecule has 0 unspecified atom stereocenters. The maximum Gasteiger partial charge on any atom is 0.240 e. The van der Waals surface area contributed by atoms with Crippen LogP contribution in [0.2, 0.25) is 0 Å². The first-order valence-electron chi connectivity index (χ1n) is 7.99. The normalized spacial score (nSPS) is 13.4. The van der Waals surface area contributed by atoms with Gasteiger partial charge in [-0.15, -0.1) is 0 Å². The summed E-state index contributed by atoms with van der Waals surface area (Å²) in [5, 5.41) is 15.8. The predicted molar refractivity (Wildman–Crippen MR) is 87.8 cm³/mol. The van der Waals surface area contributed by atoms with Gasteiger partial charge in [0.2, 0.25) is 5.95 Å². The highest BCUT2D eigenvalue weighted by atomic mass is 16.6. The van der Waals surface area contributed by atoms with Crippen LogP contribution in [0.25, 0.3) is 5.69 Å².